The van der Waals surface area contributed by atoms with Gasteiger partial charge in [-0.05, 0) is 31.0 Å². The summed E-state index contributed by atoms with van der Waals surface area (Å²) in [6.45, 7) is 2.31. The van der Waals surface area contributed by atoms with Crippen LogP contribution >= 0.6 is 11.6 Å². The molecule has 0 saturated carbocycles. The van der Waals surface area contributed by atoms with Crippen molar-refractivity contribution in [1.82, 2.24) is 4.31 Å². The molecule has 2 aromatic rings. The maximum Gasteiger partial charge on any atom is 0.339 e. The second-order valence-corrected chi connectivity index (χ2v) is 8.40. The Balaban J connectivity index is 1.65. The zero-order valence-corrected chi connectivity index (χ0v) is 15.2. The van der Waals surface area contributed by atoms with Gasteiger partial charge in [0, 0.05) is 17.6 Å². The highest BCUT2D eigenvalue weighted by atomic mass is 35.5. The topological polar surface area (TPSA) is 76.8 Å². The van der Waals surface area contributed by atoms with Crippen LogP contribution in [0.5, 0.6) is 5.75 Å². The molecule has 1 unspecified atom stereocenters. The second-order valence-electron chi connectivity index (χ2n) is 5.99. The molecule has 3 rings (SSSR count). The summed E-state index contributed by atoms with van der Waals surface area (Å²) in [7, 11) is -3.44. The van der Waals surface area contributed by atoms with E-state index in [0.717, 1.165) is 0 Å². The average Bonchev–Trinajstić information content (AvgIpc) is 2.98. The maximum atomic E-state index is 12.6. The van der Waals surface area contributed by atoms with Gasteiger partial charge in [0.15, 0.2) is 0 Å². The molecule has 1 aliphatic rings. The molecule has 0 spiro atoms. The number of halogens is 1. The van der Waals surface area contributed by atoms with E-state index < -0.39 is 15.6 Å². The third-order valence-corrected chi connectivity index (χ3v) is 6.00. The standard InChI is InChI=1S/C17H18ClNO5S/c1-12-8-16(9-17(20)23-12)24-15-6-7-19(10-15)25(21,22)11-13-2-4-14(18)5-3-13/h2-5,8-9,15H,6-7,10-11H2,1H3. The quantitative estimate of drug-likeness (QED) is 0.793. The number of hydrogen-bond acceptors (Lipinski definition) is 5. The van der Waals surface area contributed by atoms with Crippen LogP contribution in [-0.4, -0.2) is 31.9 Å². The molecule has 0 bridgehead atoms. The molecule has 1 fully saturated rings. The van der Waals surface area contributed by atoms with Crippen molar-refractivity contribution >= 4 is 21.6 Å². The van der Waals surface area contributed by atoms with Crippen LogP contribution < -0.4 is 10.4 Å². The minimum Gasteiger partial charge on any atom is -0.489 e. The minimum atomic E-state index is -3.44. The first-order valence-electron chi connectivity index (χ1n) is 7.82. The summed E-state index contributed by atoms with van der Waals surface area (Å²) in [5.41, 5.74) is 0.199. The number of ether oxygens (including phenoxy) is 1. The van der Waals surface area contributed by atoms with E-state index in [1.54, 1.807) is 37.3 Å². The van der Waals surface area contributed by atoms with Crippen LogP contribution in [0.2, 0.25) is 5.02 Å². The molecule has 8 heteroatoms. The number of rotatable bonds is 5. The van der Waals surface area contributed by atoms with Gasteiger partial charge in [-0.25, -0.2) is 13.2 Å². The highest BCUT2D eigenvalue weighted by Crippen LogP contribution is 2.22. The SMILES string of the molecule is Cc1cc(OC2CCN(S(=O)(=O)Cc3ccc(Cl)cc3)C2)cc(=O)o1. The molecule has 1 aromatic carbocycles. The number of nitrogens with zero attached hydrogens (tertiary/aromatic N) is 1. The van der Waals surface area contributed by atoms with E-state index >= 15 is 0 Å². The monoisotopic (exact) mass is 383 g/mol. The Morgan fingerprint density at radius 3 is 2.68 bits per heavy atom. The van der Waals surface area contributed by atoms with E-state index in [-0.39, 0.29) is 18.4 Å². The van der Waals surface area contributed by atoms with Crippen molar-refractivity contribution in [1.29, 1.82) is 0 Å². The van der Waals surface area contributed by atoms with E-state index in [9.17, 15) is 13.2 Å². The fourth-order valence-corrected chi connectivity index (χ4v) is 4.46. The Morgan fingerprint density at radius 2 is 2.00 bits per heavy atom. The summed E-state index contributed by atoms with van der Waals surface area (Å²) in [4.78, 5) is 11.4. The Kier molecular flexibility index (Phi) is 5.17. The predicted molar refractivity (Wildman–Crippen MR) is 94.4 cm³/mol. The zero-order valence-electron chi connectivity index (χ0n) is 13.6. The predicted octanol–water partition coefficient (Wildman–Crippen LogP) is 2.58. The van der Waals surface area contributed by atoms with E-state index in [0.29, 0.717) is 35.1 Å². The highest BCUT2D eigenvalue weighted by molar-refractivity contribution is 7.88. The molecule has 6 nitrogen and oxygen atoms in total. The first-order chi connectivity index (χ1) is 11.8. The van der Waals surface area contributed by atoms with Gasteiger partial charge in [0.05, 0.1) is 18.4 Å². The summed E-state index contributed by atoms with van der Waals surface area (Å²) in [6.07, 6.45) is 0.278. The Labute approximate surface area is 151 Å². The van der Waals surface area contributed by atoms with Gasteiger partial charge in [-0.2, -0.15) is 4.31 Å². The number of benzene rings is 1. The van der Waals surface area contributed by atoms with Gasteiger partial charge >= 0.3 is 5.63 Å². The van der Waals surface area contributed by atoms with E-state index in [1.807, 2.05) is 0 Å². The largest absolute Gasteiger partial charge is 0.489 e. The van der Waals surface area contributed by atoms with Crippen molar-refractivity contribution < 1.29 is 17.6 Å². The molecule has 25 heavy (non-hydrogen) atoms. The molecule has 1 aromatic heterocycles. The minimum absolute atomic E-state index is 0.0785. The molecule has 134 valence electrons. The molecular weight excluding hydrogens is 366 g/mol. The third-order valence-electron chi connectivity index (χ3n) is 3.93. The van der Waals surface area contributed by atoms with Crippen LogP contribution in [0.3, 0.4) is 0 Å². The normalized spacial score (nSPS) is 18.4. The van der Waals surface area contributed by atoms with Crippen molar-refractivity contribution in [3.63, 3.8) is 0 Å². The molecule has 1 atom stereocenters. The lowest BCUT2D eigenvalue weighted by atomic mass is 10.2. The Bertz CT molecular complexity index is 907. The van der Waals surface area contributed by atoms with Gasteiger partial charge in [-0.1, -0.05) is 23.7 Å². The number of sulfonamides is 1. The van der Waals surface area contributed by atoms with Crippen LogP contribution in [0.15, 0.2) is 45.6 Å². The molecule has 0 radical (unpaired) electrons. The molecule has 1 saturated heterocycles. The third kappa shape index (κ3) is 4.62. The molecule has 0 N–H and O–H groups in total. The molecule has 1 aliphatic heterocycles. The molecule has 0 aliphatic carbocycles. The van der Waals surface area contributed by atoms with Crippen LogP contribution in [0.1, 0.15) is 17.7 Å². The first-order valence-corrected chi connectivity index (χ1v) is 9.81. The van der Waals surface area contributed by atoms with Crippen LogP contribution in [0.4, 0.5) is 0 Å². The van der Waals surface area contributed by atoms with Crippen molar-refractivity contribution in [2.45, 2.75) is 25.2 Å². The molecule has 2 heterocycles. The molecule has 0 amide bonds. The summed E-state index contributed by atoms with van der Waals surface area (Å²) in [5, 5.41) is 0.568. The summed E-state index contributed by atoms with van der Waals surface area (Å²) >= 11 is 5.82. The summed E-state index contributed by atoms with van der Waals surface area (Å²) in [6, 6.07) is 9.63. The van der Waals surface area contributed by atoms with Crippen LogP contribution in [0.25, 0.3) is 0 Å². The van der Waals surface area contributed by atoms with Crippen molar-refractivity contribution in [2.75, 3.05) is 13.1 Å². The van der Waals surface area contributed by atoms with Crippen LogP contribution in [-0.2, 0) is 15.8 Å². The van der Waals surface area contributed by atoms with Gasteiger partial charge in [-0.3, -0.25) is 0 Å². The highest BCUT2D eigenvalue weighted by Gasteiger charge is 2.32. The fourth-order valence-electron chi connectivity index (χ4n) is 2.77. The lowest BCUT2D eigenvalue weighted by Gasteiger charge is -2.17. The second kappa shape index (κ2) is 7.19. The summed E-state index contributed by atoms with van der Waals surface area (Å²) in [5.74, 6) is 0.772. The Hall–Kier alpha value is -1.83. The maximum absolute atomic E-state index is 12.6. The number of hydrogen-bond donors (Lipinski definition) is 0. The van der Waals surface area contributed by atoms with Gasteiger partial charge in [0.2, 0.25) is 10.0 Å². The van der Waals surface area contributed by atoms with Gasteiger partial charge in [-0.15, -0.1) is 0 Å². The first kappa shape index (κ1) is 18.0. The van der Waals surface area contributed by atoms with Crippen molar-refractivity contribution in [3.8, 4) is 5.75 Å². The van der Waals surface area contributed by atoms with Gasteiger partial charge < -0.3 is 9.15 Å². The van der Waals surface area contributed by atoms with E-state index in [4.69, 9.17) is 20.8 Å². The van der Waals surface area contributed by atoms with Gasteiger partial charge in [0.25, 0.3) is 0 Å². The fraction of sp³-hybridized carbons (Fsp3) is 0.353. The van der Waals surface area contributed by atoms with Crippen molar-refractivity contribution in [2.24, 2.45) is 0 Å². The zero-order chi connectivity index (χ0) is 18.0. The Morgan fingerprint density at radius 1 is 1.28 bits per heavy atom. The summed E-state index contributed by atoms with van der Waals surface area (Å²) < 4.78 is 37.2. The smallest absolute Gasteiger partial charge is 0.339 e. The van der Waals surface area contributed by atoms with Crippen LogP contribution in [0, 0.1) is 6.92 Å². The van der Waals surface area contributed by atoms with E-state index in [2.05, 4.69) is 0 Å². The molecular formula is C17H18ClNO5S. The van der Waals surface area contributed by atoms with Gasteiger partial charge in [0.1, 0.15) is 17.6 Å². The average molecular weight is 384 g/mol. The number of aryl methyl sites for hydroxylation is 1. The van der Waals surface area contributed by atoms with E-state index in [1.165, 1.54) is 10.4 Å². The lowest BCUT2D eigenvalue weighted by Crippen LogP contribution is -2.32. The van der Waals surface area contributed by atoms with Crippen molar-refractivity contribution in [3.05, 3.63) is 63.2 Å². The lowest BCUT2D eigenvalue weighted by molar-refractivity contribution is 0.213.